The second-order valence-corrected chi connectivity index (χ2v) is 4.11. The molecule has 1 saturated carbocycles. The summed E-state index contributed by atoms with van der Waals surface area (Å²) in [5.74, 6) is 6.02. The normalized spacial score (nSPS) is 21.6. The Bertz CT molecular complexity index is 213. The maximum atomic E-state index is 5.37. The fraction of sp³-hybridized carbons (Fsp3) is 0.889. The molecule has 0 spiro atoms. The summed E-state index contributed by atoms with van der Waals surface area (Å²) >= 11 is 0. The van der Waals surface area contributed by atoms with E-state index < -0.39 is 0 Å². The molecule has 0 heterocycles. The molecule has 1 aliphatic carbocycles. The van der Waals surface area contributed by atoms with Crippen molar-refractivity contribution in [2.45, 2.75) is 38.3 Å². The minimum absolute atomic E-state index is 0.112. The summed E-state index contributed by atoms with van der Waals surface area (Å²) in [4.78, 5) is 4.35. The van der Waals surface area contributed by atoms with Crippen LogP contribution in [0.25, 0.3) is 0 Å². The summed E-state index contributed by atoms with van der Waals surface area (Å²) in [6.45, 7) is 4.74. The van der Waals surface area contributed by atoms with Gasteiger partial charge in [0, 0.05) is 12.6 Å². The van der Waals surface area contributed by atoms with Crippen molar-refractivity contribution < 1.29 is 4.74 Å². The lowest BCUT2D eigenvalue weighted by atomic mass is 10.3. The first kappa shape index (κ1) is 11.3. The van der Waals surface area contributed by atoms with Gasteiger partial charge in [0.2, 0.25) is 5.96 Å². The van der Waals surface area contributed by atoms with E-state index in [2.05, 4.69) is 22.7 Å². The molecule has 1 unspecified atom stereocenters. The third-order valence-corrected chi connectivity index (χ3v) is 2.31. The molecule has 1 fully saturated rings. The average molecular weight is 200 g/mol. The molecular weight excluding hydrogens is 180 g/mol. The first-order valence-corrected chi connectivity index (χ1v) is 4.91. The largest absolute Gasteiger partial charge is 0.382 e. The molecule has 0 amide bonds. The summed E-state index contributed by atoms with van der Waals surface area (Å²) in [5, 5.41) is 3.26. The van der Waals surface area contributed by atoms with E-state index in [0.29, 0.717) is 12.6 Å². The second-order valence-electron chi connectivity index (χ2n) is 4.11. The van der Waals surface area contributed by atoms with Gasteiger partial charge in [-0.2, -0.15) is 0 Å². The fourth-order valence-electron chi connectivity index (χ4n) is 1.20. The molecule has 0 aromatic carbocycles. The number of aliphatic imine (C=N–C) groups is 1. The van der Waals surface area contributed by atoms with E-state index in [1.54, 1.807) is 7.11 Å². The maximum Gasteiger partial charge on any atom is 0.206 e. The number of nitrogens with two attached hydrogens (primary N) is 1. The van der Waals surface area contributed by atoms with E-state index in [-0.39, 0.29) is 11.6 Å². The predicted molar refractivity (Wildman–Crippen MR) is 56.9 cm³/mol. The Hall–Kier alpha value is -0.810. The average Bonchev–Trinajstić information content (AvgIpc) is 2.83. The maximum absolute atomic E-state index is 5.37. The number of ether oxygens (including phenoxy) is 1. The second kappa shape index (κ2) is 4.61. The summed E-state index contributed by atoms with van der Waals surface area (Å²) in [6.07, 6.45) is 2.35. The highest BCUT2D eigenvalue weighted by Crippen LogP contribution is 2.33. The number of methoxy groups -OCH3 is 1. The van der Waals surface area contributed by atoms with Crippen molar-refractivity contribution >= 4 is 5.96 Å². The lowest BCUT2D eigenvalue weighted by molar-refractivity contribution is 0.185. The third kappa shape index (κ3) is 3.51. The van der Waals surface area contributed by atoms with Crippen molar-refractivity contribution in [3.05, 3.63) is 0 Å². The Balaban J connectivity index is 2.43. The topological polar surface area (TPSA) is 71.7 Å². The van der Waals surface area contributed by atoms with Crippen molar-refractivity contribution in [2.75, 3.05) is 13.7 Å². The minimum atomic E-state index is 0.112. The third-order valence-electron chi connectivity index (χ3n) is 2.31. The van der Waals surface area contributed by atoms with Crippen LogP contribution in [-0.2, 0) is 4.74 Å². The molecule has 0 radical (unpaired) electrons. The van der Waals surface area contributed by atoms with Gasteiger partial charge in [0.15, 0.2) is 0 Å². The van der Waals surface area contributed by atoms with Gasteiger partial charge in [-0.25, -0.2) is 10.8 Å². The van der Waals surface area contributed by atoms with Gasteiger partial charge in [-0.15, -0.1) is 0 Å². The zero-order valence-corrected chi connectivity index (χ0v) is 9.13. The predicted octanol–water partition coefficient (Wildman–Crippen LogP) is -0.0173. The molecule has 82 valence electrons. The van der Waals surface area contributed by atoms with Crippen LogP contribution in [0.2, 0.25) is 0 Å². The molecule has 1 atom stereocenters. The summed E-state index contributed by atoms with van der Waals surface area (Å²) in [7, 11) is 1.66. The summed E-state index contributed by atoms with van der Waals surface area (Å²) < 4.78 is 4.99. The quantitative estimate of drug-likeness (QED) is 0.258. The molecule has 0 aliphatic heterocycles. The Morgan fingerprint density at radius 2 is 2.29 bits per heavy atom. The summed E-state index contributed by atoms with van der Waals surface area (Å²) in [5.41, 5.74) is 2.76. The van der Waals surface area contributed by atoms with Crippen LogP contribution in [0.4, 0.5) is 0 Å². The van der Waals surface area contributed by atoms with E-state index >= 15 is 0 Å². The molecular formula is C9H20N4O. The molecule has 0 bridgehead atoms. The van der Waals surface area contributed by atoms with Crippen LogP contribution >= 0.6 is 0 Å². The highest BCUT2D eigenvalue weighted by molar-refractivity contribution is 5.80. The van der Waals surface area contributed by atoms with E-state index in [0.717, 1.165) is 0 Å². The van der Waals surface area contributed by atoms with E-state index in [9.17, 15) is 0 Å². The zero-order valence-electron chi connectivity index (χ0n) is 9.13. The Kier molecular flexibility index (Phi) is 3.71. The number of nitrogens with one attached hydrogen (secondary N) is 2. The van der Waals surface area contributed by atoms with E-state index in [1.807, 2.05) is 6.92 Å². The van der Waals surface area contributed by atoms with Gasteiger partial charge in [0.1, 0.15) is 0 Å². The van der Waals surface area contributed by atoms with Crippen LogP contribution in [-0.4, -0.2) is 31.3 Å². The van der Waals surface area contributed by atoms with Crippen molar-refractivity contribution in [1.82, 2.24) is 10.7 Å². The molecule has 0 aromatic heterocycles. The lowest BCUT2D eigenvalue weighted by Crippen LogP contribution is -2.47. The number of hydrogen-bond donors (Lipinski definition) is 3. The van der Waals surface area contributed by atoms with Gasteiger partial charge in [-0.1, -0.05) is 0 Å². The summed E-state index contributed by atoms with van der Waals surface area (Å²) in [6, 6.07) is 0.112. The Labute approximate surface area is 85.1 Å². The van der Waals surface area contributed by atoms with Crippen LogP contribution in [0.3, 0.4) is 0 Å². The Morgan fingerprint density at radius 1 is 1.64 bits per heavy atom. The van der Waals surface area contributed by atoms with Crippen LogP contribution in [0.15, 0.2) is 4.99 Å². The SMILES string of the molecule is COCC(C)N=C(NN)NC1(C)CC1. The molecule has 14 heavy (non-hydrogen) atoms. The van der Waals surface area contributed by atoms with Gasteiger partial charge in [0.05, 0.1) is 12.6 Å². The first-order chi connectivity index (χ1) is 6.59. The van der Waals surface area contributed by atoms with Crippen molar-refractivity contribution in [1.29, 1.82) is 0 Å². The smallest absolute Gasteiger partial charge is 0.206 e. The minimum Gasteiger partial charge on any atom is -0.382 e. The molecule has 0 aromatic rings. The molecule has 5 heteroatoms. The number of hydrogen-bond acceptors (Lipinski definition) is 3. The number of nitrogens with zero attached hydrogens (tertiary/aromatic N) is 1. The molecule has 5 nitrogen and oxygen atoms in total. The molecule has 0 saturated heterocycles. The van der Waals surface area contributed by atoms with Gasteiger partial charge < -0.3 is 10.1 Å². The number of guanidine groups is 1. The highest BCUT2D eigenvalue weighted by atomic mass is 16.5. The Morgan fingerprint density at radius 3 is 2.71 bits per heavy atom. The van der Waals surface area contributed by atoms with Crippen LogP contribution in [0.1, 0.15) is 26.7 Å². The fourth-order valence-corrected chi connectivity index (χ4v) is 1.20. The monoisotopic (exact) mass is 200 g/mol. The van der Waals surface area contributed by atoms with Crippen LogP contribution < -0.4 is 16.6 Å². The molecule has 1 rings (SSSR count). The van der Waals surface area contributed by atoms with E-state index in [1.165, 1.54) is 12.8 Å². The van der Waals surface area contributed by atoms with Gasteiger partial charge in [-0.3, -0.25) is 5.43 Å². The van der Waals surface area contributed by atoms with Crippen LogP contribution in [0, 0.1) is 0 Å². The van der Waals surface area contributed by atoms with E-state index in [4.69, 9.17) is 10.6 Å². The highest BCUT2D eigenvalue weighted by Gasteiger charge is 2.38. The van der Waals surface area contributed by atoms with Crippen molar-refractivity contribution in [2.24, 2.45) is 10.8 Å². The number of rotatable bonds is 4. The molecule has 4 N–H and O–H groups in total. The lowest BCUT2D eigenvalue weighted by Gasteiger charge is -2.16. The van der Waals surface area contributed by atoms with Gasteiger partial charge >= 0.3 is 0 Å². The van der Waals surface area contributed by atoms with Crippen molar-refractivity contribution in [3.63, 3.8) is 0 Å². The zero-order chi connectivity index (χ0) is 10.6. The van der Waals surface area contributed by atoms with Crippen molar-refractivity contribution in [3.8, 4) is 0 Å². The van der Waals surface area contributed by atoms with Crippen LogP contribution in [0.5, 0.6) is 0 Å². The van der Waals surface area contributed by atoms with Gasteiger partial charge in [0.25, 0.3) is 0 Å². The standard InChI is InChI=1S/C9H20N4O/c1-7(6-14-3)11-8(13-10)12-9(2)4-5-9/h7H,4-6,10H2,1-3H3,(H2,11,12,13). The molecule has 1 aliphatic rings. The van der Waals surface area contributed by atoms with Gasteiger partial charge in [-0.05, 0) is 26.7 Å². The number of hydrazine groups is 1. The first-order valence-electron chi connectivity index (χ1n) is 4.91.